The number of halogens is 4. The van der Waals surface area contributed by atoms with Crippen LogP contribution in [0.5, 0.6) is 0 Å². The Morgan fingerprint density at radius 1 is 0.833 bits per heavy atom. The first-order valence-corrected chi connectivity index (χ1v) is 12.3. The molecule has 0 bridgehead atoms. The molecule has 0 aromatic heterocycles. The van der Waals surface area contributed by atoms with Crippen molar-refractivity contribution < 1.29 is 19.1 Å². The molecule has 1 rings (SSSR count). The van der Waals surface area contributed by atoms with Crippen molar-refractivity contribution in [3.8, 4) is 0 Å². The predicted molar refractivity (Wildman–Crippen MR) is 130 cm³/mol. The normalized spacial score (nSPS) is 10.8. The molecule has 0 saturated carbocycles. The third kappa shape index (κ3) is 7.88. The molecular weight excluding hydrogens is 510 g/mol. The fraction of sp³-hybridized carbons (Fsp3) is 0.400. The van der Waals surface area contributed by atoms with Crippen LogP contribution in [0.3, 0.4) is 0 Å². The molecule has 0 unspecified atom stereocenters. The lowest BCUT2D eigenvalue weighted by molar-refractivity contribution is -0.139. The molecule has 0 aliphatic carbocycles. The maximum atomic E-state index is 11.6. The van der Waals surface area contributed by atoms with E-state index in [9.17, 15) is 9.59 Å². The summed E-state index contributed by atoms with van der Waals surface area (Å²) in [4.78, 5) is 23.1. The van der Waals surface area contributed by atoms with Crippen LogP contribution < -0.4 is 0 Å². The second-order valence-corrected chi connectivity index (χ2v) is 10.4. The van der Waals surface area contributed by atoms with Crippen molar-refractivity contribution in [2.24, 2.45) is 0 Å². The maximum absolute atomic E-state index is 11.6. The van der Waals surface area contributed by atoms with Crippen molar-refractivity contribution >= 4 is 81.9 Å². The topological polar surface area (TPSA) is 52.6 Å². The standard InChI is InChI=1S/C20H22Cl4O4S2/c1-10(2)18(25)27-6-8-29-20(30-9-7-28-19(26)11(3)4)13-16(23)14(21)12(5)15(22)17(13)24/h20H,1,3,6-9H2,2,4-5H3. The molecule has 0 N–H and O–H groups in total. The van der Waals surface area contributed by atoms with E-state index in [1.807, 2.05) is 0 Å². The van der Waals surface area contributed by atoms with Crippen LogP contribution in [-0.2, 0) is 19.1 Å². The molecule has 0 aliphatic rings. The number of esters is 2. The minimum absolute atomic E-state index is 0.181. The minimum atomic E-state index is -0.455. The molecule has 0 aliphatic heterocycles. The van der Waals surface area contributed by atoms with Crippen molar-refractivity contribution in [1.29, 1.82) is 0 Å². The summed E-state index contributed by atoms with van der Waals surface area (Å²) in [5.74, 6) is 0.0312. The molecule has 0 spiro atoms. The highest BCUT2D eigenvalue weighted by Gasteiger charge is 2.25. The van der Waals surface area contributed by atoms with Gasteiger partial charge in [-0.1, -0.05) is 59.6 Å². The highest BCUT2D eigenvalue weighted by atomic mass is 35.5. The molecule has 10 heteroatoms. The number of thioether (sulfide) groups is 2. The van der Waals surface area contributed by atoms with Crippen molar-refractivity contribution in [1.82, 2.24) is 0 Å². The maximum Gasteiger partial charge on any atom is 0.333 e. The number of ether oxygens (including phenoxy) is 2. The van der Waals surface area contributed by atoms with E-state index < -0.39 is 11.9 Å². The summed E-state index contributed by atoms with van der Waals surface area (Å²) >= 11 is 28.5. The van der Waals surface area contributed by atoms with Crippen molar-refractivity contribution in [3.05, 3.63) is 55.5 Å². The molecule has 1 aromatic carbocycles. The first kappa shape index (κ1) is 27.5. The van der Waals surface area contributed by atoms with E-state index in [4.69, 9.17) is 55.9 Å². The molecule has 0 amide bonds. The Morgan fingerprint density at radius 2 is 1.20 bits per heavy atom. The monoisotopic (exact) mass is 530 g/mol. The van der Waals surface area contributed by atoms with Crippen LogP contribution in [0, 0.1) is 6.92 Å². The Morgan fingerprint density at radius 3 is 1.53 bits per heavy atom. The van der Waals surface area contributed by atoms with Crippen LogP contribution in [0.4, 0.5) is 0 Å². The third-order valence-electron chi connectivity index (χ3n) is 3.62. The first-order chi connectivity index (χ1) is 14.0. The van der Waals surface area contributed by atoms with Gasteiger partial charge in [0.25, 0.3) is 0 Å². The van der Waals surface area contributed by atoms with Gasteiger partial charge < -0.3 is 9.47 Å². The summed E-state index contributed by atoms with van der Waals surface area (Å²) < 4.78 is 9.98. The van der Waals surface area contributed by atoms with E-state index in [-0.39, 0.29) is 17.8 Å². The fourth-order valence-electron chi connectivity index (χ4n) is 2.01. The van der Waals surface area contributed by atoms with E-state index in [0.717, 1.165) is 0 Å². The first-order valence-electron chi connectivity index (χ1n) is 8.69. The van der Waals surface area contributed by atoms with Crippen LogP contribution in [0.25, 0.3) is 0 Å². The number of hydrogen-bond donors (Lipinski definition) is 0. The van der Waals surface area contributed by atoms with E-state index in [1.165, 1.54) is 23.5 Å². The summed E-state index contributed by atoms with van der Waals surface area (Å²) in [5.41, 5.74) is 1.82. The molecule has 0 heterocycles. The molecule has 4 nitrogen and oxygen atoms in total. The lowest BCUT2D eigenvalue weighted by atomic mass is 10.1. The second kappa shape index (κ2) is 13.1. The van der Waals surface area contributed by atoms with E-state index >= 15 is 0 Å². The van der Waals surface area contributed by atoms with Gasteiger partial charge >= 0.3 is 11.9 Å². The Hall–Kier alpha value is -0.500. The van der Waals surface area contributed by atoms with E-state index in [0.29, 0.717) is 53.9 Å². The lowest BCUT2D eigenvalue weighted by Crippen LogP contribution is -2.10. The van der Waals surface area contributed by atoms with Gasteiger partial charge in [0.05, 0.1) is 24.7 Å². The predicted octanol–water partition coefficient (Wildman–Crippen LogP) is 7.31. The zero-order chi connectivity index (χ0) is 23.0. The lowest BCUT2D eigenvalue weighted by Gasteiger charge is -2.22. The number of rotatable bonds is 11. The summed E-state index contributed by atoms with van der Waals surface area (Å²) in [6, 6.07) is 0. The van der Waals surface area contributed by atoms with E-state index in [1.54, 1.807) is 20.8 Å². The second-order valence-electron chi connectivity index (χ2n) is 6.20. The Labute approximate surface area is 205 Å². The van der Waals surface area contributed by atoms with Gasteiger partial charge in [-0.3, -0.25) is 0 Å². The number of benzene rings is 1. The Kier molecular flexibility index (Phi) is 12.1. The van der Waals surface area contributed by atoms with Crippen molar-refractivity contribution in [3.63, 3.8) is 0 Å². The fourth-order valence-corrected chi connectivity index (χ4v) is 6.00. The van der Waals surface area contributed by atoms with Gasteiger partial charge in [-0.05, 0) is 26.3 Å². The molecule has 30 heavy (non-hydrogen) atoms. The summed E-state index contributed by atoms with van der Waals surface area (Å²) in [6.45, 7) is 12.3. The third-order valence-corrected chi connectivity index (χ3v) is 8.24. The average molecular weight is 532 g/mol. The van der Waals surface area contributed by atoms with Crippen LogP contribution in [0.1, 0.15) is 29.6 Å². The molecule has 0 radical (unpaired) electrons. The van der Waals surface area contributed by atoms with Crippen LogP contribution >= 0.6 is 69.9 Å². The van der Waals surface area contributed by atoms with E-state index in [2.05, 4.69) is 13.2 Å². The van der Waals surface area contributed by atoms with Crippen LogP contribution in [0.15, 0.2) is 24.3 Å². The van der Waals surface area contributed by atoms with Gasteiger partial charge in [0.1, 0.15) is 13.2 Å². The zero-order valence-electron chi connectivity index (χ0n) is 16.8. The Bertz CT molecular complexity index is 780. The van der Waals surface area contributed by atoms with Gasteiger partial charge in [0.15, 0.2) is 0 Å². The van der Waals surface area contributed by atoms with Gasteiger partial charge in [0.2, 0.25) is 0 Å². The van der Waals surface area contributed by atoms with Crippen molar-refractivity contribution in [2.45, 2.75) is 25.4 Å². The summed E-state index contributed by atoms with van der Waals surface area (Å²) in [6.07, 6.45) is 0. The van der Waals surface area contributed by atoms with Gasteiger partial charge in [0, 0.05) is 28.2 Å². The summed E-state index contributed by atoms with van der Waals surface area (Å²) in [5, 5.41) is 1.28. The molecule has 0 atom stereocenters. The quantitative estimate of drug-likeness (QED) is 0.0980. The molecule has 166 valence electrons. The van der Waals surface area contributed by atoms with Gasteiger partial charge in [-0.25, -0.2) is 9.59 Å². The molecular formula is C20H22Cl4O4S2. The SMILES string of the molecule is C=C(C)C(=O)OCCSC(SCCOC(=O)C(=C)C)c1c(Cl)c(Cl)c(C)c(Cl)c1Cl. The molecule has 0 fully saturated rings. The van der Waals surface area contributed by atoms with Crippen molar-refractivity contribution in [2.75, 3.05) is 24.7 Å². The Balaban J connectivity index is 2.95. The largest absolute Gasteiger partial charge is 0.461 e. The minimum Gasteiger partial charge on any atom is -0.461 e. The van der Waals surface area contributed by atoms with Gasteiger partial charge in [-0.2, -0.15) is 0 Å². The number of carbonyl (C=O) groups excluding carboxylic acids is 2. The highest BCUT2D eigenvalue weighted by molar-refractivity contribution is 8.16. The summed E-state index contributed by atoms with van der Waals surface area (Å²) in [7, 11) is 0. The molecule has 0 saturated heterocycles. The number of hydrogen-bond acceptors (Lipinski definition) is 6. The molecule has 1 aromatic rings. The number of carbonyl (C=O) groups is 2. The zero-order valence-corrected chi connectivity index (χ0v) is 21.4. The van der Waals surface area contributed by atoms with Gasteiger partial charge in [-0.15, -0.1) is 23.5 Å². The smallest absolute Gasteiger partial charge is 0.333 e. The highest BCUT2D eigenvalue weighted by Crippen LogP contribution is 2.50. The van der Waals surface area contributed by atoms with Crippen LogP contribution in [0.2, 0.25) is 20.1 Å². The van der Waals surface area contributed by atoms with Crippen LogP contribution in [-0.4, -0.2) is 36.7 Å². The average Bonchev–Trinajstić information content (AvgIpc) is 2.69.